The Bertz CT molecular complexity index is 347. The minimum absolute atomic E-state index is 0.232. The van der Waals surface area contributed by atoms with Crippen molar-refractivity contribution in [1.29, 1.82) is 0 Å². The van der Waals surface area contributed by atoms with Crippen LogP contribution in [-0.4, -0.2) is 17.3 Å². The first-order chi connectivity index (χ1) is 7.42. The van der Waals surface area contributed by atoms with E-state index in [0.717, 1.165) is 0 Å². The number of rotatable bonds is 5. The summed E-state index contributed by atoms with van der Waals surface area (Å²) in [5, 5.41) is 9.50. The van der Waals surface area contributed by atoms with E-state index in [2.05, 4.69) is 0 Å². The molecule has 0 atom stereocenters. The molecule has 0 aliphatic heterocycles. The first kappa shape index (κ1) is 12.9. The van der Waals surface area contributed by atoms with E-state index in [9.17, 15) is 9.50 Å². The maximum Gasteiger partial charge on any atom is 0.123 e. The molecule has 0 unspecified atom stereocenters. The lowest BCUT2D eigenvalue weighted by atomic mass is 10.1. The van der Waals surface area contributed by atoms with Crippen molar-refractivity contribution in [2.75, 3.05) is 6.61 Å². The van der Waals surface area contributed by atoms with Crippen LogP contribution in [0, 0.1) is 5.82 Å². The van der Waals surface area contributed by atoms with E-state index in [1.54, 1.807) is 19.9 Å². The molecule has 0 saturated carbocycles. The van der Waals surface area contributed by atoms with Crippen LogP contribution in [0.4, 0.5) is 4.39 Å². The smallest absolute Gasteiger partial charge is 0.123 e. The highest BCUT2D eigenvalue weighted by Gasteiger charge is 2.12. The average molecular weight is 227 g/mol. The molecule has 3 nitrogen and oxygen atoms in total. The van der Waals surface area contributed by atoms with Crippen molar-refractivity contribution in [2.24, 2.45) is 5.73 Å². The first-order valence-corrected chi connectivity index (χ1v) is 5.26. The maximum atomic E-state index is 12.9. The molecule has 0 spiro atoms. The molecule has 16 heavy (non-hydrogen) atoms. The molecule has 0 heterocycles. The molecule has 1 rings (SSSR count). The Hall–Kier alpha value is -1.13. The number of hydrogen-bond donors (Lipinski definition) is 2. The van der Waals surface area contributed by atoms with E-state index in [-0.39, 0.29) is 12.4 Å². The number of nitrogens with two attached hydrogens (primary N) is 1. The van der Waals surface area contributed by atoms with Gasteiger partial charge in [0.15, 0.2) is 0 Å². The van der Waals surface area contributed by atoms with E-state index in [4.69, 9.17) is 10.5 Å². The summed E-state index contributed by atoms with van der Waals surface area (Å²) in [6.07, 6.45) is 0.508. The molecule has 3 N–H and O–H groups in total. The lowest BCUT2D eigenvalue weighted by Gasteiger charge is -2.18. The number of hydrogen-bond acceptors (Lipinski definition) is 3. The Labute approximate surface area is 95.0 Å². The lowest BCUT2D eigenvalue weighted by Crippen LogP contribution is -2.22. The molecule has 0 aromatic heterocycles. The van der Waals surface area contributed by atoms with Crippen LogP contribution in [0.15, 0.2) is 18.2 Å². The third kappa shape index (κ3) is 4.16. The van der Waals surface area contributed by atoms with Gasteiger partial charge in [0, 0.05) is 18.5 Å². The Morgan fingerprint density at radius 2 is 2.12 bits per heavy atom. The van der Waals surface area contributed by atoms with E-state index >= 15 is 0 Å². The Morgan fingerprint density at radius 3 is 2.69 bits per heavy atom. The minimum Gasteiger partial charge on any atom is -0.493 e. The third-order valence-electron chi connectivity index (χ3n) is 2.21. The largest absolute Gasteiger partial charge is 0.493 e. The average Bonchev–Trinajstić information content (AvgIpc) is 2.18. The van der Waals surface area contributed by atoms with Crippen LogP contribution in [0.3, 0.4) is 0 Å². The van der Waals surface area contributed by atoms with Crippen molar-refractivity contribution in [3.05, 3.63) is 29.6 Å². The fraction of sp³-hybridized carbons (Fsp3) is 0.500. The Balaban J connectivity index is 2.60. The van der Waals surface area contributed by atoms with Crippen LogP contribution in [-0.2, 0) is 6.54 Å². The quantitative estimate of drug-likeness (QED) is 0.806. The van der Waals surface area contributed by atoms with Crippen LogP contribution < -0.4 is 10.5 Å². The normalized spacial score (nSPS) is 11.6. The number of ether oxygens (including phenoxy) is 1. The molecular weight excluding hydrogens is 209 g/mol. The molecule has 0 saturated heterocycles. The highest BCUT2D eigenvalue weighted by atomic mass is 19.1. The van der Waals surface area contributed by atoms with Gasteiger partial charge in [-0.1, -0.05) is 0 Å². The zero-order valence-corrected chi connectivity index (χ0v) is 9.66. The number of benzene rings is 1. The summed E-state index contributed by atoms with van der Waals surface area (Å²) < 4.78 is 18.3. The number of aliphatic hydroxyl groups is 1. The maximum absolute atomic E-state index is 12.9. The van der Waals surface area contributed by atoms with Gasteiger partial charge in [-0.05, 0) is 32.0 Å². The van der Waals surface area contributed by atoms with E-state index in [1.807, 2.05) is 0 Å². The second-order valence-corrected chi connectivity index (χ2v) is 4.37. The van der Waals surface area contributed by atoms with Gasteiger partial charge in [0.05, 0.1) is 12.2 Å². The highest BCUT2D eigenvalue weighted by Crippen LogP contribution is 2.20. The molecule has 90 valence electrons. The molecule has 0 amide bonds. The van der Waals surface area contributed by atoms with Gasteiger partial charge >= 0.3 is 0 Å². The summed E-state index contributed by atoms with van der Waals surface area (Å²) in [4.78, 5) is 0. The highest BCUT2D eigenvalue weighted by molar-refractivity contribution is 5.33. The fourth-order valence-electron chi connectivity index (χ4n) is 1.26. The molecule has 0 aliphatic carbocycles. The van der Waals surface area contributed by atoms with E-state index in [0.29, 0.717) is 24.3 Å². The van der Waals surface area contributed by atoms with Crippen molar-refractivity contribution < 1.29 is 14.2 Å². The Morgan fingerprint density at radius 1 is 1.44 bits per heavy atom. The predicted octanol–water partition coefficient (Wildman–Crippen LogP) is 1.82. The molecular formula is C12H18FNO2. The van der Waals surface area contributed by atoms with Crippen molar-refractivity contribution in [2.45, 2.75) is 32.4 Å². The summed E-state index contributed by atoms with van der Waals surface area (Å²) in [5.74, 6) is 0.253. The molecule has 0 fully saturated rings. The number of halogens is 1. The minimum atomic E-state index is -0.761. The fourth-order valence-corrected chi connectivity index (χ4v) is 1.26. The van der Waals surface area contributed by atoms with E-state index in [1.165, 1.54) is 12.1 Å². The van der Waals surface area contributed by atoms with Crippen molar-refractivity contribution in [1.82, 2.24) is 0 Å². The topological polar surface area (TPSA) is 55.5 Å². The van der Waals surface area contributed by atoms with Gasteiger partial charge in [-0.25, -0.2) is 4.39 Å². The standard InChI is InChI=1S/C12H18FNO2/c1-12(2,15)5-6-16-11-4-3-10(13)7-9(11)8-14/h3-4,7,15H,5-6,8,14H2,1-2H3. The first-order valence-electron chi connectivity index (χ1n) is 5.26. The second-order valence-electron chi connectivity index (χ2n) is 4.37. The SMILES string of the molecule is CC(C)(O)CCOc1ccc(F)cc1CN. The molecule has 0 radical (unpaired) electrons. The zero-order valence-electron chi connectivity index (χ0n) is 9.66. The van der Waals surface area contributed by atoms with Gasteiger partial charge in [0.1, 0.15) is 11.6 Å². The second kappa shape index (κ2) is 5.27. The molecule has 0 aliphatic rings. The van der Waals surface area contributed by atoms with Gasteiger partial charge in [-0.3, -0.25) is 0 Å². The molecule has 4 heteroatoms. The summed E-state index contributed by atoms with van der Waals surface area (Å²) >= 11 is 0. The lowest BCUT2D eigenvalue weighted by molar-refractivity contribution is 0.0552. The molecule has 0 bridgehead atoms. The summed E-state index contributed by atoms with van der Waals surface area (Å²) in [6, 6.07) is 4.25. The summed E-state index contributed by atoms with van der Waals surface area (Å²) in [6.45, 7) is 4.04. The molecule has 1 aromatic rings. The summed E-state index contributed by atoms with van der Waals surface area (Å²) in [7, 11) is 0. The van der Waals surface area contributed by atoms with Crippen molar-refractivity contribution in [3.63, 3.8) is 0 Å². The predicted molar refractivity (Wildman–Crippen MR) is 60.7 cm³/mol. The van der Waals surface area contributed by atoms with Gasteiger partial charge in [0.25, 0.3) is 0 Å². The van der Waals surface area contributed by atoms with Crippen LogP contribution in [0.1, 0.15) is 25.8 Å². The zero-order chi connectivity index (χ0) is 12.2. The van der Waals surface area contributed by atoms with Gasteiger partial charge < -0.3 is 15.6 Å². The molecule has 1 aromatic carbocycles. The van der Waals surface area contributed by atoms with Gasteiger partial charge in [-0.15, -0.1) is 0 Å². The van der Waals surface area contributed by atoms with Crippen molar-refractivity contribution in [3.8, 4) is 5.75 Å². The van der Waals surface area contributed by atoms with Crippen molar-refractivity contribution >= 4 is 0 Å². The summed E-state index contributed by atoms with van der Waals surface area (Å²) in [5.41, 5.74) is 5.35. The van der Waals surface area contributed by atoms with Gasteiger partial charge in [0.2, 0.25) is 0 Å². The van der Waals surface area contributed by atoms with E-state index < -0.39 is 5.60 Å². The monoisotopic (exact) mass is 227 g/mol. The van der Waals surface area contributed by atoms with Crippen LogP contribution in [0.25, 0.3) is 0 Å². The van der Waals surface area contributed by atoms with Crippen LogP contribution >= 0.6 is 0 Å². The van der Waals surface area contributed by atoms with Crippen LogP contribution in [0.5, 0.6) is 5.75 Å². The van der Waals surface area contributed by atoms with Crippen LogP contribution in [0.2, 0.25) is 0 Å². The van der Waals surface area contributed by atoms with Gasteiger partial charge in [-0.2, -0.15) is 0 Å². The third-order valence-corrected chi connectivity index (χ3v) is 2.21. The Kier molecular flexibility index (Phi) is 4.26.